The maximum Gasteiger partial charge on any atom is 0.265 e. The fourth-order valence-electron chi connectivity index (χ4n) is 2.20. The first-order valence-corrected chi connectivity index (χ1v) is 6.98. The molecule has 1 unspecified atom stereocenters. The van der Waals surface area contributed by atoms with Gasteiger partial charge in [0.15, 0.2) is 0 Å². The van der Waals surface area contributed by atoms with Crippen molar-refractivity contribution in [3.63, 3.8) is 0 Å². The van der Waals surface area contributed by atoms with Crippen LogP contribution in [0.2, 0.25) is 0 Å². The van der Waals surface area contributed by atoms with Gasteiger partial charge in [-0.2, -0.15) is 0 Å². The lowest BCUT2D eigenvalue weighted by molar-refractivity contribution is 0.0697. The Labute approximate surface area is 106 Å². The summed E-state index contributed by atoms with van der Waals surface area (Å²) in [4.78, 5) is 19.3. The van der Waals surface area contributed by atoms with E-state index >= 15 is 0 Å². The van der Waals surface area contributed by atoms with Crippen molar-refractivity contribution in [1.29, 1.82) is 0 Å². The molecule has 0 aromatic carbocycles. The molecule has 0 radical (unpaired) electrons. The van der Waals surface area contributed by atoms with Gasteiger partial charge >= 0.3 is 0 Å². The van der Waals surface area contributed by atoms with Crippen molar-refractivity contribution in [1.82, 2.24) is 15.2 Å². The molecule has 0 saturated carbocycles. The zero-order valence-corrected chi connectivity index (χ0v) is 11.2. The van der Waals surface area contributed by atoms with Crippen LogP contribution in [0, 0.1) is 6.92 Å². The molecule has 1 saturated heterocycles. The Balaban J connectivity index is 2.12. The third-order valence-corrected chi connectivity index (χ3v) is 3.93. The van der Waals surface area contributed by atoms with Gasteiger partial charge in [0.1, 0.15) is 4.88 Å². The highest BCUT2D eigenvalue weighted by Crippen LogP contribution is 2.18. The molecule has 2 rings (SSSR count). The number of hydrogen-bond acceptors (Lipinski definition) is 4. The van der Waals surface area contributed by atoms with Gasteiger partial charge in [-0.15, -0.1) is 11.3 Å². The number of amides is 1. The number of carbonyl (C=O) groups is 1. The Morgan fingerprint density at radius 1 is 1.71 bits per heavy atom. The predicted molar refractivity (Wildman–Crippen MR) is 69.5 cm³/mol. The van der Waals surface area contributed by atoms with Gasteiger partial charge in [0, 0.05) is 19.1 Å². The van der Waals surface area contributed by atoms with Crippen LogP contribution < -0.4 is 5.32 Å². The van der Waals surface area contributed by atoms with E-state index in [1.54, 1.807) is 6.20 Å². The molecule has 2 heterocycles. The van der Waals surface area contributed by atoms with Gasteiger partial charge in [-0.3, -0.25) is 4.79 Å². The number of hydrogen-bond donors (Lipinski definition) is 1. The summed E-state index contributed by atoms with van der Waals surface area (Å²) in [5.74, 6) is 0.145. The van der Waals surface area contributed by atoms with Gasteiger partial charge in [-0.25, -0.2) is 4.98 Å². The van der Waals surface area contributed by atoms with Crippen LogP contribution in [-0.4, -0.2) is 41.5 Å². The number of aryl methyl sites for hydroxylation is 1. The molecule has 1 aliphatic heterocycles. The number of nitrogens with zero attached hydrogens (tertiary/aromatic N) is 2. The van der Waals surface area contributed by atoms with Gasteiger partial charge in [0.25, 0.3) is 5.91 Å². The van der Waals surface area contributed by atoms with Gasteiger partial charge < -0.3 is 10.2 Å². The molecule has 17 heavy (non-hydrogen) atoms. The average Bonchev–Trinajstić information content (AvgIpc) is 2.95. The quantitative estimate of drug-likeness (QED) is 0.887. The lowest BCUT2D eigenvalue weighted by Crippen LogP contribution is -2.41. The normalized spacial score (nSPS) is 19.5. The van der Waals surface area contributed by atoms with Crippen LogP contribution in [0.3, 0.4) is 0 Å². The van der Waals surface area contributed by atoms with Crippen molar-refractivity contribution in [2.45, 2.75) is 32.7 Å². The summed E-state index contributed by atoms with van der Waals surface area (Å²) in [6.07, 6.45) is 3.76. The second-order valence-electron chi connectivity index (χ2n) is 4.39. The van der Waals surface area contributed by atoms with E-state index in [-0.39, 0.29) is 5.91 Å². The number of aromatic nitrogens is 1. The maximum atomic E-state index is 12.4. The molecule has 1 fully saturated rings. The van der Waals surface area contributed by atoms with Crippen LogP contribution in [0.25, 0.3) is 0 Å². The van der Waals surface area contributed by atoms with Crippen molar-refractivity contribution in [3.05, 3.63) is 16.1 Å². The van der Waals surface area contributed by atoms with Crippen LogP contribution in [0.5, 0.6) is 0 Å². The largest absolute Gasteiger partial charge is 0.334 e. The van der Waals surface area contributed by atoms with Crippen LogP contribution in [0.4, 0.5) is 0 Å². The number of rotatable bonds is 4. The Bertz CT molecular complexity index is 385. The third kappa shape index (κ3) is 2.84. The van der Waals surface area contributed by atoms with Crippen LogP contribution in [0.1, 0.15) is 34.4 Å². The van der Waals surface area contributed by atoms with E-state index in [1.807, 2.05) is 11.8 Å². The van der Waals surface area contributed by atoms with Gasteiger partial charge in [0.2, 0.25) is 0 Å². The minimum absolute atomic E-state index is 0.145. The van der Waals surface area contributed by atoms with E-state index < -0.39 is 0 Å². The van der Waals surface area contributed by atoms with Crippen molar-refractivity contribution in [3.8, 4) is 0 Å². The molecule has 1 aromatic rings. The second kappa shape index (κ2) is 5.60. The number of thiazole rings is 1. The zero-order valence-electron chi connectivity index (χ0n) is 10.4. The van der Waals surface area contributed by atoms with Gasteiger partial charge in [-0.05, 0) is 26.3 Å². The van der Waals surface area contributed by atoms with E-state index in [0.29, 0.717) is 6.04 Å². The third-order valence-electron chi connectivity index (χ3n) is 3.03. The smallest absolute Gasteiger partial charge is 0.265 e. The molecule has 1 aliphatic rings. The molecule has 1 aromatic heterocycles. The Kier molecular flexibility index (Phi) is 4.12. The van der Waals surface area contributed by atoms with Crippen LogP contribution in [-0.2, 0) is 0 Å². The molecular formula is C12H19N3OS. The summed E-state index contributed by atoms with van der Waals surface area (Å²) < 4.78 is 0. The Morgan fingerprint density at radius 3 is 3.06 bits per heavy atom. The maximum absolute atomic E-state index is 12.4. The Hall–Kier alpha value is -0.940. The fraction of sp³-hybridized carbons (Fsp3) is 0.667. The highest BCUT2D eigenvalue weighted by Gasteiger charge is 2.27. The van der Waals surface area contributed by atoms with Crippen LogP contribution in [0.15, 0.2) is 6.20 Å². The summed E-state index contributed by atoms with van der Waals surface area (Å²) >= 11 is 1.49. The summed E-state index contributed by atoms with van der Waals surface area (Å²) in [6, 6.07) is 0.352. The minimum Gasteiger partial charge on any atom is -0.334 e. The molecule has 0 spiro atoms. The molecule has 0 aliphatic carbocycles. The SMILES string of the molecule is CCCN(C(=O)c1cnc(C)s1)C1CCNC1. The van der Waals surface area contributed by atoms with Crippen molar-refractivity contribution in [2.24, 2.45) is 0 Å². The second-order valence-corrected chi connectivity index (χ2v) is 5.62. The van der Waals surface area contributed by atoms with Crippen LogP contribution >= 0.6 is 11.3 Å². The fourth-order valence-corrected chi connectivity index (χ4v) is 2.93. The molecule has 5 heteroatoms. The average molecular weight is 253 g/mol. The predicted octanol–water partition coefficient (Wildman–Crippen LogP) is 1.67. The molecule has 4 nitrogen and oxygen atoms in total. The number of carbonyl (C=O) groups excluding carboxylic acids is 1. The molecule has 1 atom stereocenters. The Morgan fingerprint density at radius 2 is 2.53 bits per heavy atom. The number of nitrogens with one attached hydrogen (secondary N) is 1. The van der Waals surface area contributed by atoms with Gasteiger partial charge in [0.05, 0.1) is 11.2 Å². The van der Waals surface area contributed by atoms with Crippen molar-refractivity contribution in [2.75, 3.05) is 19.6 Å². The topological polar surface area (TPSA) is 45.2 Å². The summed E-state index contributed by atoms with van der Waals surface area (Å²) in [6.45, 7) is 6.81. The van der Waals surface area contributed by atoms with E-state index in [0.717, 1.165) is 42.4 Å². The molecule has 1 N–H and O–H groups in total. The summed E-state index contributed by atoms with van der Waals surface area (Å²) in [7, 11) is 0. The molecule has 0 bridgehead atoms. The van der Waals surface area contributed by atoms with Crippen molar-refractivity contribution < 1.29 is 4.79 Å². The standard InChI is InChI=1S/C12H19N3OS/c1-3-6-15(10-4-5-13-7-10)12(16)11-8-14-9(2)17-11/h8,10,13H,3-7H2,1-2H3. The summed E-state index contributed by atoms with van der Waals surface area (Å²) in [5, 5.41) is 4.27. The van der Waals surface area contributed by atoms with Gasteiger partial charge in [-0.1, -0.05) is 6.92 Å². The van der Waals surface area contributed by atoms with E-state index in [4.69, 9.17) is 0 Å². The lowest BCUT2D eigenvalue weighted by atomic mass is 10.2. The van der Waals surface area contributed by atoms with E-state index in [1.165, 1.54) is 11.3 Å². The highest BCUT2D eigenvalue weighted by molar-refractivity contribution is 7.13. The van der Waals surface area contributed by atoms with E-state index in [9.17, 15) is 4.79 Å². The first-order chi connectivity index (χ1) is 8.22. The molecular weight excluding hydrogens is 234 g/mol. The minimum atomic E-state index is 0.145. The molecule has 94 valence electrons. The zero-order chi connectivity index (χ0) is 12.3. The van der Waals surface area contributed by atoms with E-state index in [2.05, 4.69) is 17.2 Å². The summed E-state index contributed by atoms with van der Waals surface area (Å²) in [5.41, 5.74) is 0. The monoisotopic (exact) mass is 253 g/mol. The van der Waals surface area contributed by atoms with Crippen molar-refractivity contribution >= 4 is 17.2 Å². The highest BCUT2D eigenvalue weighted by atomic mass is 32.1. The molecule has 1 amide bonds. The lowest BCUT2D eigenvalue weighted by Gasteiger charge is -2.27. The first-order valence-electron chi connectivity index (χ1n) is 6.16. The first kappa shape index (κ1) is 12.5.